The molecule has 2 aromatic rings. The first-order valence-corrected chi connectivity index (χ1v) is 5.68. The van der Waals surface area contributed by atoms with Crippen LogP contribution in [0, 0.1) is 0 Å². The molecule has 4 heteroatoms. The van der Waals surface area contributed by atoms with E-state index in [1.54, 1.807) is 18.2 Å². The lowest BCUT2D eigenvalue weighted by Crippen LogP contribution is -2.20. The zero-order chi connectivity index (χ0) is 12.6. The van der Waals surface area contributed by atoms with Gasteiger partial charge in [0.15, 0.2) is 0 Å². The van der Waals surface area contributed by atoms with Gasteiger partial charge in [-0.1, -0.05) is 25.4 Å². The fourth-order valence-electron chi connectivity index (χ4n) is 1.81. The molecular weight excluding hydrogens is 240 g/mol. The first-order valence-electron chi connectivity index (χ1n) is 5.30. The van der Waals surface area contributed by atoms with Gasteiger partial charge in [-0.05, 0) is 24.3 Å². The quantitative estimate of drug-likeness (QED) is 0.903. The molecule has 1 N–H and O–H groups in total. The molecule has 3 nitrogen and oxygen atoms in total. The van der Waals surface area contributed by atoms with Gasteiger partial charge in [0.1, 0.15) is 11.3 Å². The number of furan rings is 1. The second-order valence-electron chi connectivity index (χ2n) is 4.75. The molecule has 0 fully saturated rings. The topological polar surface area (TPSA) is 50.4 Å². The van der Waals surface area contributed by atoms with Crippen molar-refractivity contribution in [2.75, 3.05) is 0 Å². The van der Waals surface area contributed by atoms with Gasteiger partial charge in [0.2, 0.25) is 0 Å². The van der Waals surface area contributed by atoms with Gasteiger partial charge in [-0.15, -0.1) is 0 Å². The normalized spacial score (nSPS) is 11.9. The summed E-state index contributed by atoms with van der Waals surface area (Å²) >= 11 is 5.89. The zero-order valence-electron chi connectivity index (χ0n) is 9.66. The minimum absolute atomic E-state index is 0.0283. The average molecular weight is 253 g/mol. The van der Waals surface area contributed by atoms with Crippen molar-refractivity contribution in [1.29, 1.82) is 0 Å². The molecule has 0 radical (unpaired) electrons. The highest BCUT2D eigenvalue weighted by atomic mass is 35.5. The molecule has 1 aromatic carbocycles. The van der Waals surface area contributed by atoms with E-state index in [1.165, 1.54) is 0 Å². The maximum Gasteiger partial charge on any atom is 0.304 e. The number of hydrogen-bond donors (Lipinski definition) is 1. The third-order valence-corrected chi connectivity index (χ3v) is 2.97. The molecular formula is C13H13ClO3. The Bertz CT molecular complexity index is 569. The van der Waals surface area contributed by atoms with Crippen molar-refractivity contribution in [2.24, 2.45) is 0 Å². The number of benzene rings is 1. The lowest BCUT2D eigenvalue weighted by atomic mass is 9.86. The summed E-state index contributed by atoms with van der Waals surface area (Å²) in [6.45, 7) is 3.70. The second-order valence-corrected chi connectivity index (χ2v) is 5.18. The molecule has 17 heavy (non-hydrogen) atoms. The molecule has 0 unspecified atom stereocenters. The fraction of sp³-hybridized carbons (Fsp3) is 0.308. The highest BCUT2D eigenvalue weighted by molar-refractivity contribution is 6.31. The molecule has 0 saturated carbocycles. The number of rotatable bonds is 3. The summed E-state index contributed by atoms with van der Waals surface area (Å²) in [6, 6.07) is 7.20. The monoisotopic (exact) mass is 252 g/mol. The third kappa shape index (κ3) is 2.44. The molecule has 0 bridgehead atoms. The van der Waals surface area contributed by atoms with Crippen LogP contribution in [0.2, 0.25) is 5.02 Å². The molecule has 0 spiro atoms. The van der Waals surface area contributed by atoms with Crippen LogP contribution in [0.25, 0.3) is 11.0 Å². The Kier molecular flexibility index (Phi) is 2.87. The van der Waals surface area contributed by atoms with Gasteiger partial charge in [0.05, 0.1) is 6.42 Å². The fourth-order valence-corrected chi connectivity index (χ4v) is 1.99. The minimum atomic E-state index is -0.839. The highest BCUT2D eigenvalue weighted by Crippen LogP contribution is 2.33. The van der Waals surface area contributed by atoms with E-state index >= 15 is 0 Å². The van der Waals surface area contributed by atoms with Crippen molar-refractivity contribution in [1.82, 2.24) is 0 Å². The Balaban J connectivity index is 2.45. The zero-order valence-corrected chi connectivity index (χ0v) is 10.4. The second kappa shape index (κ2) is 4.08. The molecule has 1 aromatic heterocycles. The van der Waals surface area contributed by atoms with E-state index in [4.69, 9.17) is 21.1 Å². The van der Waals surface area contributed by atoms with Gasteiger partial charge in [-0.2, -0.15) is 0 Å². The Morgan fingerprint density at radius 3 is 2.76 bits per heavy atom. The van der Waals surface area contributed by atoms with Crippen LogP contribution in [0.1, 0.15) is 26.0 Å². The Labute approximate surface area is 104 Å². The minimum Gasteiger partial charge on any atom is -0.481 e. The van der Waals surface area contributed by atoms with E-state index < -0.39 is 11.4 Å². The summed E-state index contributed by atoms with van der Waals surface area (Å²) in [5.74, 6) is -0.175. The van der Waals surface area contributed by atoms with Crippen molar-refractivity contribution in [3.05, 3.63) is 35.0 Å². The molecule has 0 saturated heterocycles. The van der Waals surface area contributed by atoms with Gasteiger partial charge < -0.3 is 9.52 Å². The van der Waals surface area contributed by atoms with Gasteiger partial charge in [-0.25, -0.2) is 0 Å². The summed E-state index contributed by atoms with van der Waals surface area (Å²) in [6.07, 6.45) is 0.0283. The van der Waals surface area contributed by atoms with Crippen LogP contribution in [0.3, 0.4) is 0 Å². The van der Waals surface area contributed by atoms with E-state index in [0.29, 0.717) is 10.8 Å². The maximum absolute atomic E-state index is 10.8. The average Bonchev–Trinajstić information content (AvgIpc) is 2.58. The van der Waals surface area contributed by atoms with Crippen LogP contribution in [0.15, 0.2) is 28.7 Å². The van der Waals surface area contributed by atoms with Crippen molar-refractivity contribution in [2.45, 2.75) is 25.7 Å². The van der Waals surface area contributed by atoms with Crippen LogP contribution in [-0.2, 0) is 10.2 Å². The van der Waals surface area contributed by atoms with Gasteiger partial charge in [-0.3, -0.25) is 4.79 Å². The first-order chi connectivity index (χ1) is 7.88. The summed E-state index contributed by atoms with van der Waals surface area (Å²) in [5.41, 5.74) is 0.194. The number of carbonyl (C=O) groups is 1. The molecule has 90 valence electrons. The summed E-state index contributed by atoms with van der Waals surface area (Å²) in [4.78, 5) is 10.8. The summed E-state index contributed by atoms with van der Waals surface area (Å²) in [5, 5.41) is 10.4. The predicted octanol–water partition coefficient (Wildman–Crippen LogP) is 3.84. The molecule has 0 aliphatic carbocycles. The van der Waals surface area contributed by atoms with E-state index in [-0.39, 0.29) is 6.42 Å². The molecule has 2 rings (SSSR count). The molecule has 0 amide bonds. The number of hydrogen-bond acceptors (Lipinski definition) is 2. The van der Waals surface area contributed by atoms with Crippen LogP contribution in [-0.4, -0.2) is 11.1 Å². The van der Waals surface area contributed by atoms with Crippen LogP contribution in [0.5, 0.6) is 0 Å². The number of fused-ring (bicyclic) bond motifs is 1. The molecule has 1 heterocycles. The van der Waals surface area contributed by atoms with E-state index in [0.717, 1.165) is 11.0 Å². The molecule has 0 aliphatic rings. The number of carboxylic acids is 1. The Hall–Kier alpha value is -1.48. The van der Waals surface area contributed by atoms with Crippen LogP contribution < -0.4 is 0 Å². The predicted molar refractivity (Wildman–Crippen MR) is 66.5 cm³/mol. The number of aliphatic carboxylic acids is 1. The smallest absolute Gasteiger partial charge is 0.304 e. The largest absolute Gasteiger partial charge is 0.481 e. The van der Waals surface area contributed by atoms with E-state index in [2.05, 4.69) is 0 Å². The standard InChI is InChI=1S/C13H13ClO3/c1-13(2,7-12(15)16)11-6-8-5-9(14)3-4-10(8)17-11/h3-6H,7H2,1-2H3,(H,15,16). The van der Waals surface area contributed by atoms with Gasteiger partial charge in [0.25, 0.3) is 0 Å². The van der Waals surface area contributed by atoms with Crippen LogP contribution >= 0.6 is 11.6 Å². The van der Waals surface area contributed by atoms with Gasteiger partial charge >= 0.3 is 5.97 Å². The lowest BCUT2D eigenvalue weighted by Gasteiger charge is -2.18. The van der Waals surface area contributed by atoms with Crippen LogP contribution in [0.4, 0.5) is 0 Å². The van der Waals surface area contributed by atoms with Crippen molar-refractivity contribution < 1.29 is 14.3 Å². The lowest BCUT2D eigenvalue weighted by molar-refractivity contribution is -0.138. The Morgan fingerprint density at radius 2 is 2.12 bits per heavy atom. The molecule has 0 atom stereocenters. The van der Waals surface area contributed by atoms with E-state index in [1.807, 2.05) is 19.9 Å². The van der Waals surface area contributed by atoms with E-state index in [9.17, 15) is 4.79 Å². The summed E-state index contributed by atoms with van der Waals surface area (Å²) in [7, 11) is 0. The summed E-state index contributed by atoms with van der Waals surface area (Å²) < 4.78 is 5.67. The highest BCUT2D eigenvalue weighted by Gasteiger charge is 2.28. The van der Waals surface area contributed by atoms with Crippen molar-refractivity contribution in [3.8, 4) is 0 Å². The maximum atomic E-state index is 10.8. The first kappa shape index (κ1) is 12.0. The van der Waals surface area contributed by atoms with Crippen molar-refractivity contribution in [3.63, 3.8) is 0 Å². The van der Waals surface area contributed by atoms with Crippen molar-refractivity contribution >= 4 is 28.5 Å². The number of halogens is 1. The SMILES string of the molecule is CC(C)(CC(=O)O)c1cc2cc(Cl)ccc2o1. The third-order valence-electron chi connectivity index (χ3n) is 2.74. The number of carboxylic acid groups (broad SMARTS) is 1. The van der Waals surface area contributed by atoms with Gasteiger partial charge in [0, 0.05) is 15.8 Å². The Morgan fingerprint density at radius 1 is 1.41 bits per heavy atom. The molecule has 0 aliphatic heterocycles.